The van der Waals surface area contributed by atoms with Crippen LogP contribution in [0.4, 0.5) is 5.69 Å². The van der Waals surface area contributed by atoms with E-state index in [2.05, 4.69) is 5.32 Å². The number of carbonyl (C=O) groups excluding carboxylic acids is 2. The van der Waals surface area contributed by atoms with Crippen molar-refractivity contribution in [2.75, 3.05) is 5.32 Å². The molecule has 0 radical (unpaired) electrons. The molecule has 0 bridgehead atoms. The number of benzene rings is 2. The molecule has 0 saturated carbocycles. The van der Waals surface area contributed by atoms with Crippen LogP contribution in [-0.4, -0.2) is 11.9 Å². The molecule has 1 aromatic heterocycles. The van der Waals surface area contributed by atoms with E-state index < -0.39 is 5.97 Å². The molecule has 0 saturated heterocycles. The Morgan fingerprint density at radius 2 is 1.73 bits per heavy atom. The first kappa shape index (κ1) is 18.5. The number of esters is 1. The van der Waals surface area contributed by atoms with E-state index >= 15 is 0 Å². The lowest BCUT2D eigenvalue weighted by Crippen LogP contribution is -2.11. The third kappa shape index (κ3) is 4.43. The van der Waals surface area contributed by atoms with Gasteiger partial charge in [0.15, 0.2) is 0 Å². The van der Waals surface area contributed by atoms with Crippen molar-refractivity contribution in [3.63, 3.8) is 0 Å². The van der Waals surface area contributed by atoms with Gasteiger partial charge in [0.25, 0.3) is 5.91 Å². The highest BCUT2D eigenvalue weighted by atomic mass is 35.5. The van der Waals surface area contributed by atoms with Crippen LogP contribution in [0.25, 0.3) is 0 Å². The number of anilines is 1. The highest BCUT2D eigenvalue weighted by Gasteiger charge is 2.13. The maximum atomic E-state index is 12.3. The van der Waals surface area contributed by atoms with Crippen LogP contribution in [0.15, 0.2) is 60.0 Å². The van der Waals surface area contributed by atoms with Crippen molar-refractivity contribution in [1.82, 2.24) is 0 Å². The maximum Gasteiger partial charge on any atom is 0.338 e. The monoisotopic (exact) mass is 405 g/mol. The fourth-order valence-electron chi connectivity index (χ4n) is 2.22. The lowest BCUT2D eigenvalue weighted by atomic mass is 10.2. The van der Waals surface area contributed by atoms with Crippen molar-refractivity contribution >= 4 is 52.1 Å². The van der Waals surface area contributed by atoms with Gasteiger partial charge in [0.1, 0.15) is 6.61 Å². The van der Waals surface area contributed by atoms with Crippen LogP contribution in [-0.2, 0) is 11.3 Å². The van der Waals surface area contributed by atoms with E-state index in [1.54, 1.807) is 54.6 Å². The Morgan fingerprint density at radius 3 is 2.42 bits per heavy atom. The normalized spacial score (nSPS) is 10.4. The largest absolute Gasteiger partial charge is 0.457 e. The SMILES string of the molecule is O=C(OCc1c(Cl)cccc1Cl)c1cccc(NC(=O)c2cccs2)c1. The number of halogens is 2. The molecule has 4 nitrogen and oxygen atoms in total. The third-order valence-electron chi connectivity index (χ3n) is 3.51. The molecule has 0 aliphatic heterocycles. The Bertz CT molecular complexity index is 921. The molecular weight excluding hydrogens is 393 g/mol. The second-order valence-electron chi connectivity index (χ2n) is 5.29. The minimum atomic E-state index is -0.534. The molecule has 1 amide bonds. The Balaban J connectivity index is 1.67. The van der Waals surface area contributed by atoms with Crippen LogP contribution in [0.5, 0.6) is 0 Å². The van der Waals surface area contributed by atoms with Gasteiger partial charge in [-0.3, -0.25) is 4.79 Å². The van der Waals surface area contributed by atoms with Crippen molar-refractivity contribution < 1.29 is 14.3 Å². The zero-order valence-electron chi connectivity index (χ0n) is 13.4. The summed E-state index contributed by atoms with van der Waals surface area (Å²) in [6.45, 7) is -0.0386. The first-order valence-corrected chi connectivity index (χ1v) is 9.23. The summed E-state index contributed by atoms with van der Waals surface area (Å²) in [5.41, 5.74) is 1.37. The molecular formula is C19H13Cl2NO3S. The van der Waals surface area contributed by atoms with E-state index in [0.717, 1.165) is 0 Å². The van der Waals surface area contributed by atoms with Gasteiger partial charge in [-0.1, -0.05) is 41.4 Å². The van der Waals surface area contributed by atoms with E-state index in [1.165, 1.54) is 11.3 Å². The van der Waals surface area contributed by atoms with Crippen molar-refractivity contribution in [2.24, 2.45) is 0 Å². The van der Waals surface area contributed by atoms with Crippen LogP contribution < -0.4 is 5.32 Å². The van der Waals surface area contributed by atoms with Crippen LogP contribution >= 0.6 is 34.5 Å². The predicted molar refractivity (Wildman–Crippen MR) is 104 cm³/mol. The molecule has 7 heteroatoms. The summed E-state index contributed by atoms with van der Waals surface area (Å²) >= 11 is 13.5. The minimum Gasteiger partial charge on any atom is -0.457 e. The molecule has 3 rings (SSSR count). The quantitative estimate of drug-likeness (QED) is 0.556. The molecule has 0 spiro atoms. The first-order valence-electron chi connectivity index (χ1n) is 7.59. The third-order valence-corrected chi connectivity index (χ3v) is 5.09. The van der Waals surface area contributed by atoms with Crippen molar-refractivity contribution in [3.8, 4) is 0 Å². The van der Waals surface area contributed by atoms with E-state index in [4.69, 9.17) is 27.9 Å². The molecule has 0 fully saturated rings. The first-order chi connectivity index (χ1) is 12.5. The number of ether oxygens (including phenoxy) is 1. The van der Waals surface area contributed by atoms with Gasteiger partial charge in [0, 0.05) is 21.3 Å². The van der Waals surface area contributed by atoms with Crippen molar-refractivity contribution in [3.05, 3.63) is 86.0 Å². The van der Waals surface area contributed by atoms with Crippen LogP contribution in [0.1, 0.15) is 25.6 Å². The van der Waals surface area contributed by atoms with E-state index in [9.17, 15) is 9.59 Å². The molecule has 0 aliphatic carbocycles. The summed E-state index contributed by atoms with van der Waals surface area (Å²) in [5, 5.41) is 5.44. The average Bonchev–Trinajstić information content (AvgIpc) is 3.16. The van der Waals surface area contributed by atoms with Gasteiger partial charge in [-0.05, 0) is 41.8 Å². The molecule has 1 heterocycles. The fraction of sp³-hybridized carbons (Fsp3) is 0.0526. The number of amides is 1. The van der Waals surface area contributed by atoms with E-state index in [-0.39, 0.29) is 12.5 Å². The Hall–Kier alpha value is -2.34. The van der Waals surface area contributed by atoms with Crippen LogP contribution in [0, 0.1) is 0 Å². The Morgan fingerprint density at radius 1 is 1.00 bits per heavy atom. The molecule has 1 N–H and O–H groups in total. The summed E-state index contributed by atoms with van der Waals surface area (Å²) in [4.78, 5) is 25.0. The Labute approximate surface area is 164 Å². The molecule has 132 valence electrons. The Kier molecular flexibility index (Phi) is 5.93. The topological polar surface area (TPSA) is 55.4 Å². The molecule has 2 aromatic carbocycles. The molecule has 26 heavy (non-hydrogen) atoms. The lowest BCUT2D eigenvalue weighted by molar-refractivity contribution is 0.0473. The fourth-order valence-corrected chi connectivity index (χ4v) is 3.34. The minimum absolute atomic E-state index is 0.0386. The second-order valence-corrected chi connectivity index (χ2v) is 7.05. The molecule has 0 atom stereocenters. The number of carbonyl (C=O) groups is 2. The van der Waals surface area contributed by atoms with Crippen molar-refractivity contribution in [2.45, 2.75) is 6.61 Å². The maximum absolute atomic E-state index is 12.3. The molecule has 0 unspecified atom stereocenters. The zero-order valence-corrected chi connectivity index (χ0v) is 15.7. The molecule has 3 aromatic rings. The van der Waals surface area contributed by atoms with E-state index in [1.807, 2.05) is 5.38 Å². The number of hydrogen-bond acceptors (Lipinski definition) is 4. The van der Waals surface area contributed by atoms with Gasteiger partial charge in [0.2, 0.25) is 0 Å². The summed E-state index contributed by atoms with van der Waals surface area (Å²) in [5.74, 6) is -0.762. The van der Waals surface area contributed by atoms with Gasteiger partial charge >= 0.3 is 5.97 Å². The van der Waals surface area contributed by atoms with Gasteiger partial charge in [-0.2, -0.15) is 0 Å². The van der Waals surface area contributed by atoms with Crippen molar-refractivity contribution in [1.29, 1.82) is 0 Å². The number of thiophene rings is 1. The number of nitrogens with one attached hydrogen (secondary N) is 1. The predicted octanol–water partition coefficient (Wildman–Crippen LogP) is 5.66. The highest BCUT2D eigenvalue weighted by Crippen LogP contribution is 2.25. The van der Waals surface area contributed by atoms with Gasteiger partial charge in [-0.15, -0.1) is 11.3 Å². The molecule has 0 aliphatic rings. The van der Waals surface area contributed by atoms with Gasteiger partial charge < -0.3 is 10.1 Å². The smallest absolute Gasteiger partial charge is 0.338 e. The summed E-state index contributed by atoms with van der Waals surface area (Å²) < 4.78 is 5.29. The highest BCUT2D eigenvalue weighted by molar-refractivity contribution is 7.12. The number of hydrogen-bond donors (Lipinski definition) is 1. The number of rotatable bonds is 5. The van der Waals surface area contributed by atoms with Crippen LogP contribution in [0.2, 0.25) is 10.0 Å². The van der Waals surface area contributed by atoms with Gasteiger partial charge in [-0.25, -0.2) is 4.79 Å². The standard InChI is InChI=1S/C19H13Cl2NO3S/c20-15-6-2-7-16(21)14(15)11-25-19(24)12-4-1-5-13(10-12)22-18(23)17-8-3-9-26-17/h1-10H,11H2,(H,22,23). The zero-order chi connectivity index (χ0) is 18.5. The lowest BCUT2D eigenvalue weighted by Gasteiger charge is -2.09. The second kappa shape index (κ2) is 8.36. The van der Waals surface area contributed by atoms with Gasteiger partial charge in [0.05, 0.1) is 10.4 Å². The van der Waals surface area contributed by atoms with E-state index in [0.29, 0.717) is 31.7 Å². The van der Waals surface area contributed by atoms with Crippen LogP contribution in [0.3, 0.4) is 0 Å². The average molecular weight is 406 g/mol. The summed E-state index contributed by atoms with van der Waals surface area (Å²) in [6, 6.07) is 15.1. The summed E-state index contributed by atoms with van der Waals surface area (Å²) in [6.07, 6.45) is 0. The summed E-state index contributed by atoms with van der Waals surface area (Å²) in [7, 11) is 0.